The molecule has 0 amide bonds. The second kappa shape index (κ2) is 4.74. The zero-order chi connectivity index (χ0) is 12.5. The second-order valence-corrected chi connectivity index (χ2v) is 5.72. The molecule has 1 fully saturated rings. The second-order valence-electron chi connectivity index (χ2n) is 5.72. The highest BCUT2D eigenvalue weighted by Gasteiger charge is 2.30. The van der Waals surface area contributed by atoms with Gasteiger partial charge in [0.2, 0.25) is 5.89 Å². The SMILES string of the molecule is CC1(C)CCC(c2noc(C(N)CO)n2)CC1. The highest BCUT2D eigenvalue weighted by atomic mass is 16.5. The van der Waals surface area contributed by atoms with Gasteiger partial charge in [-0.25, -0.2) is 0 Å². The van der Waals surface area contributed by atoms with E-state index in [2.05, 4.69) is 24.0 Å². The number of rotatable bonds is 3. The van der Waals surface area contributed by atoms with Gasteiger partial charge in [-0.2, -0.15) is 4.98 Å². The van der Waals surface area contributed by atoms with Crippen molar-refractivity contribution >= 4 is 0 Å². The normalized spacial score (nSPS) is 22.6. The van der Waals surface area contributed by atoms with Crippen LogP contribution in [0.3, 0.4) is 0 Å². The van der Waals surface area contributed by atoms with Crippen LogP contribution in [0.5, 0.6) is 0 Å². The molecule has 5 heteroatoms. The quantitative estimate of drug-likeness (QED) is 0.839. The average Bonchev–Trinajstić information content (AvgIpc) is 2.77. The van der Waals surface area contributed by atoms with Crippen LogP contribution in [0.25, 0.3) is 0 Å². The molecule has 5 nitrogen and oxygen atoms in total. The molecule has 17 heavy (non-hydrogen) atoms. The lowest BCUT2D eigenvalue weighted by Crippen LogP contribution is -2.21. The van der Waals surface area contributed by atoms with Crippen molar-refractivity contribution in [2.24, 2.45) is 11.1 Å². The maximum Gasteiger partial charge on any atom is 0.245 e. The minimum Gasteiger partial charge on any atom is -0.394 e. The van der Waals surface area contributed by atoms with Gasteiger partial charge in [-0.05, 0) is 31.1 Å². The first kappa shape index (κ1) is 12.5. The van der Waals surface area contributed by atoms with E-state index in [1.165, 1.54) is 12.8 Å². The minimum absolute atomic E-state index is 0.167. The van der Waals surface area contributed by atoms with Crippen LogP contribution in [-0.4, -0.2) is 21.9 Å². The summed E-state index contributed by atoms with van der Waals surface area (Å²) in [5.41, 5.74) is 6.07. The van der Waals surface area contributed by atoms with Crippen LogP contribution >= 0.6 is 0 Å². The third-order valence-electron chi connectivity index (χ3n) is 3.68. The Morgan fingerprint density at radius 1 is 1.47 bits per heavy atom. The van der Waals surface area contributed by atoms with Crippen molar-refractivity contribution in [3.63, 3.8) is 0 Å². The lowest BCUT2D eigenvalue weighted by Gasteiger charge is -2.32. The summed E-state index contributed by atoms with van der Waals surface area (Å²) in [5.74, 6) is 1.47. The number of aliphatic hydroxyl groups excluding tert-OH is 1. The van der Waals surface area contributed by atoms with Crippen molar-refractivity contribution in [1.82, 2.24) is 10.1 Å². The van der Waals surface area contributed by atoms with Crippen molar-refractivity contribution in [3.05, 3.63) is 11.7 Å². The van der Waals surface area contributed by atoms with E-state index >= 15 is 0 Å². The van der Waals surface area contributed by atoms with Gasteiger partial charge in [0.05, 0.1) is 6.61 Å². The zero-order valence-electron chi connectivity index (χ0n) is 10.5. The van der Waals surface area contributed by atoms with E-state index in [0.717, 1.165) is 18.7 Å². The average molecular weight is 239 g/mol. The molecule has 1 saturated carbocycles. The molecular weight excluding hydrogens is 218 g/mol. The number of aliphatic hydroxyl groups is 1. The van der Waals surface area contributed by atoms with E-state index in [4.69, 9.17) is 15.4 Å². The first-order valence-corrected chi connectivity index (χ1v) is 6.22. The van der Waals surface area contributed by atoms with Crippen molar-refractivity contribution in [3.8, 4) is 0 Å². The molecule has 3 N–H and O–H groups in total. The van der Waals surface area contributed by atoms with Gasteiger partial charge in [-0.1, -0.05) is 19.0 Å². The topological polar surface area (TPSA) is 85.2 Å². The summed E-state index contributed by atoms with van der Waals surface area (Å²) in [7, 11) is 0. The van der Waals surface area contributed by atoms with Crippen LogP contribution in [0.2, 0.25) is 0 Å². The Bertz CT molecular complexity index is 366. The third-order valence-corrected chi connectivity index (χ3v) is 3.68. The molecule has 1 aliphatic rings. The molecule has 96 valence electrons. The van der Waals surface area contributed by atoms with E-state index in [-0.39, 0.29) is 6.61 Å². The Balaban J connectivity index is 2.01. The van der Waals surface area contributed by atoms with Gasteiger partial charge in [0.15, 0.2) is 5.82 Å². The molecule has 2 rings (SSSR count). The van der Waals surface area contributed by atoms with Gasteiger partial charge in [-0.15, -0.1) is 0 Å². The lowest BCUT2D eigenvalue weighted by molar-refractivity contribution is 0.217. The summed E-state index contributed by atoms with van der Waals surface area (Å²) in [5, 5.41) is 12.9. The zero-order valence-corrected chi connectivity index (χ0v) is 10.5. The van der Waals surface area contributed by atoms with E-state index in [1.807, 2.05) is 0 Å². The molecule has 0 aromatic carbocycles. The number of aromatic nitrogens is 2. The molecule has 0 aliphatic heterocycles. The fourth-order valence-electron chi connectivity index (χ4n) is 2.30. The number of hydrogen-bond donors (Lipinski definition) is 2. The lowest BCUT2D eigenvalue weighted by atomic mass is 9.73. The Hall–Kier alpha value is -0.940. The van der Waals surface area contributed by atoms with E-state index < -0.39 is 6.04 Å². The fraction of sp³-hybridized carbons (Fsp3) is 0.833. The monoisotopic (exact) mass is 239 g/mol. The summed E-state index contributed by atoms with van der Waals surface area (Å²) < 4.78 is 5.08. The Labute approximate surface area is 101 Å². The number of hydrogen-bond acceptors (Lipinski definition) is 5. The highest BCUT2D eigenvalue weighted by Crippen LogP contribution is 2.41. The fourth-order valence-corrected chi connectivity index (χ4v) is 2.30. The van der Waals surface area contributed by atoms with E-state index in [1.54, 1.807) is 0 Å². The third kappa shape index (κ3) is 2.84. The molecular formula is C12H21N3O2. The van der Waals surface area contributed by atoms with Crippen molar-refractivity contribution in [2.75, 3.05) is 6.61 Å². The standard InChI is InChI=1S/C12H21N3O2/c1-12(2)5-3-8(4-6-12)10-14-11(17-15-10)9(13)7-16/h8-9,16H,3-7,13H2,1-2H3. The van der Waals surface area contributed by atoms with E-state index in [0.29, 0.717) is 17.2 Å². The van der Waals surface area contributed by atoms with Gasteiger partial charge < -0.3 is 15.4 Å². The van der Waals surface area contributed by atoms with Crippen LogP contribution in [0.4, 0.5) is 0 Å². The maximum absolute atomic E-state index is 8.92. The molecule has 1 aromatic heterocycles. The van der Waals surface area contributed by atoms with Gasteiger partial charge >= 0.3 is 0 Å². The van der Waals surface area contributed by atoms with Gasteiger partial charge in [-0.3, -0.25) is 0 Å². The van der Waals surface area contributed by atoms with Crippen LogP contribution in [0.1, 0.15) is 63.2 Å². The largest absolute Gasteiger partial charge is 0.394 e. The molecule has 1 atom stereocenters. The van der Waals surface area contributed by atoms with Crippen LogP contribution in [0, 0.1) is 5.41 Å². The molecule has 1 aliphatic carbocycles. The Kier molecular flexibility index (Phi) is 3.49. The van der Waals surface area contributed by atoms with Crippen LogP contribution in [0.15, 0.2) is 4.52 Å². The molecule has 0 radical (unpaired) electrons. The van der Waals surface area contributed by atoms with Crippen molar-refractivity contribution in [2.45, 2.75) is 51.5 Å². The summed E-state index contributed by atoms with van der Waals surface area (Å²) in [6.07, 6.45) is 4.57. The Morgan fingerprint density at radius 3 is 2.71 bits per heavy atom. The summed E-state index contributed by atoms with van der Waals surface area (Å²) in [6.45, 7) is 4.43. The van der Waals surface area contributed by atoms with Crippen molar-refractivity contribution < 1.29 is 9.63 Å². The molecule has 0 bridgehead atoms. The minimum atomic E-state index is -0.559. The van der Waals surface area contributed by atoms with Crippen LogP contribution < -0.4 is 5.73 Å². The molecule has 1 aromatic rings. The van der Waals surface area contributed by atoms with Gasteiger partial charge in [0.1, 0.15) is 6.04 Å². The summed E-state index contributed by atoms with van der Waals surface area (Å²) in [4.78, 5) is 4.29. The number of nitrogens with two attached hydrogens (primary N) is 1. The predicted octanol–water partition coefficient (Wildman–Crippen LogP) is 1.75. The summed E-state index contributed by atoms with van der Waals surface area (Å²) >= 11 is 0. The first-order chi connectivity index (χ1) is 8.02. The molecule has 1 heterocycles. The Morgan fingerprint density at radius 2 is 2.12 bits per heavy atom. The van der Waals surface area contributed by atoms with E-state index in [9.17, 15) is 0 Å². The number of nitrogens with zero attached hydrogens (tertiary/aromatic N) is 2. The van der Waals surface area contributed by atoms with Crippen molar-refractivity contribution in [1.29, 1.82) is 0 Å². The first-order valence-electron chi connectivity index (χ1n) is 6.22. The smallest absolute Gasteiger partial charge is 0.245 e. The summed E-state index contributed by atoms with van der Waals surface area (Å²) in [6, 6.07) is -0.559. The highest BCUT2D eigenvalue weighted by molar-refractivity contribution is 5.00. The molecule has 0 saturated heterocycles. The molecule has 1 unspecified atom stereocenters. The van der Waals surface area contributed by atoms with Gasteiger partial charge in [0.25, 0.3) is 0 Å². The maximum atomic E-state index is 8.92. The van der Waals surface area contributed by atoms with Crippen LogP contribution in [-0.2, 0) is 0 Å². The molecule has 0 spiro atoms. The predicted molar refractivity (Wildman–Crippen MR) is 63.3 cm³/mol. The van der Waals surface area contributed by atoms with Gasteiger partial charge in [0, 0.05) is 5.92 Å².